The van der Waals surface area contributed by atoms with Crippen molar-refractivity contribution in [2.75, 3.05) is 32.7 Å². The Morgan fingerprint density at radius 2 is 1.45 bits per heavy atom. The van der Waals surface area contributed by atoms with Gasteiger partial charge in [-0.25, -0.2) is 0 Å². The molecule has 2 N–H and O–H groups in total. The van der Waals surface area contributed by atoms with E-state index in [-0.39, 0.29) is 48.7 Å². The Morgan fingerprint density at radius 1 is 0.905 bits per heavy atom. The first-order valence-corrected chi connectivity index (χ1v) is 15.0. The molecule has 1 fully saturated rings. The minimum atomic E-state index is -0.521. The Hall–Kier alpha value is -3.97. The van der Waals surface area contributed by atoms with Gasteiger partial charge < -0.3 is 15.5 Å². The quantitative estimate of drug-likeness (QED) is 0.333. The number of piperazine rings is 1. The first-order chi connectivity index (χ1) is 20.2. The third-order valence-corrected chi connectivity index (χ3v) is 8.07. The van der Waals surface area contributed by atoms with Crippen molar-refractivity contribution in [2.45, 2.75) is 51.6 Å². The van der Waals surface area contributed by atoms with Gasteiger partial charge in [0.15, 0.2) is 0 Å². The van der Waals surface area contributed by atoms with E-state index >= 15 is 0 Å². The predicted molar refractivity (Wildman–Crippen MR) is 167 cm³/mol. The summed E-state index contributed by atoms with van der Waals surface area (Å²) in [4.78, 5) is 45.1. The highest BCUT2D eigenvalue weighted by molar-refractivity contribution is 5.85. The number of nitrogens with two attached hydrogens (primary N) is 1. The summed E-state index contributed by atoms with van der Waals surface area (Å²) in [6.07, 6.45) is 0.987. The van der Waals surface area contributed by atoms with Crippen LogP contribution in [0.5, 0.6) is 0 Å². The number of primary amides is 1. The zero-order valence-electron chi connectivity index (χ0n) is 25.1. The number of hydrogen-bond acceptors (Lipinski definition) is 4. The third-order valence-electron chi connectivity index (χ3n) is 8.07. The Kier molecular flexibility index (Phi) is 10.9. The second kappa shape index (κ2) is 14.8. The van der Waals surface area contributed by atoms with Crippen molar-refractivity contribution in [3.05, 3.63) is 108 Å². The van der Waals surface area contributed by atoms with Gasteiger partial charge in [0, 0.05) is 44.6 Å². The molecule has 4 rings (SSSR count). The van der Waals surface area contributed by atoms with Gasteiger partial charge in [-0.1, -0.05) is 105 Å². The van der Waals surface area contributed by atoms with E-state index in [1.54, 1.807) is 4.90 Å². The van der Waals surface area contributed by atoms with Crippen LogP contribution in [0.15, 0.2) is 91.0 Å². The lowest BCUT2D eigenvalue weighted by molar-refractivity contribution is -0.148. The molecule has 3 aromatic carbocycles. The Morgan fingerprint density at radius 3 is 1.98 bits per heavy atom. The summed E-state index contributed by atoms with van der Waals surface area (Å²) < 4.78 is 0. The molecule has 42 heavy (non-hydrogen) atoms. The number of rotatable bonds is 13. The van der Waals surface area contributed by atoms with Crippen LogP contribution in [0.1, 0.15) is 49.8 Å². The van der Waals surface area contributed by atoms with Gasteiger partial charge in [-0.05, 0) is 36.0 Å². The van der Waals surface area contributed by atoms with Gasteiger partial charge in [-0.2, -0.15) is 0 Å². The summed E-state index contributed by atoms with van der Waals surface area (Å²) in [6, 6.07) is 30.2. The fraction of sp³-hybridized carbons (Fsp3) is 0.400. The van der Waals surface area contributed by atoms with Crippen molar-refractivity contribution in [3.8, 4) is 0 Å². The van der Waals surface area contributed by atoms with Gasteiger partial charge in [0.05, 0.1) is 12.6 Å². The van der Waals surface area contributed by atoms with E-state index in [0.29, 0.717) is 26.2 Å². The van der Waals surface area contributed by atoms with Gasteiger partial charge >= 0.3 is 0 Å². The molecule has 7 nitrogen and oxygen atoms in total. The second-order valence-corrected chi connectivity index (χ2v) is 11.8. The summed E-state index contributed by atoms with van der Waals surface area (Å²) in [5.74, 6) is -0.361. The molecule has 7 heteroatoms. The molecule has 2 unspecified atom stereocenters. The highest BCUT2D eigenvalue weighted by Gasteiger charge is 2.40. The van der Waals surface area contributed by atoms with Crippen molar-refractivity contribution in [1.82, 2.24) is 14.7 Å². The maximum Gasteiger partial charge on any atom is 0.239 e. The molecule has 222 valence electrons. The highest BCUT2D eigenvalue weighted by Crippen LogP contribution is 2.29. The van der Waals surface area contributed by atoms with Gasteiger partial charge in [-0.3, -0.25) is 19.3 Å². The molecule has 3 amide bonds. The molecule has 1 heterocycles. The Labute approximate surface area is 250 Å². The normalized spacial score (nSPS) is 17.5. The van der Waals surface area contributed by atoms with Crippen LogP contribution in [-0.2, 0) is 20.8 Å². The predicted octanol–water partition coefficient (Wildman–Crippen LogP) is 4.32. The van der Waals surface area contributed by atoms with Crippen LogP contribution in [0.2, 0.25) is 0 Å². The van der Waals surface area contributed by atoms with Crippen LogP contribution in [-0.4, -0.2) is 77.2 Å². The molecule has 0 aromatic heterocycles. The van der Waals surface area contributed by atoms with Crippen LogP contribution >= 0.6 is 0 Å². The smallest absolute Gasteiger partial charge is 0.239 e. The van der Waals surface area contributed by atoms with Crippen LogP contribution < -0.4 is 5.73 Å². The van der Waals surface area contributed by atoms with E-state index in [2.05, 4.69) is 41.3 Å². The number of amides is 3. The number of benzene rings is 3. The largest absolute Gasteiger partial charge is 0.368 e. The summed E-state index contributed by atoms with van der Waals surface area (Å²) in [7, 11) is 0. The minimum absolute atomic E-state index is 0.00284. The summed E-state index contributed by atoms with van der Waals surface area (Å²) >= 11 is 0. The van der Waals surface area contributed by atoms with Crippen molar-refractivity contribution >= 4 is 17.7 Å². The van der Waals surface area contributed by atoms with Crippen LogP contribution in [0.3, 0.4) is 0 Å². The van der Waals surface area contributed by atoms with Gasteiger partial charge in [0.25, 0.3) is 0 Å². The average Bonchev–Trinajstić information content (AvgIpc) is 2.98. The lowest BCUT2D eigenvalue weighted by atomic mass is 9.89. The molecule has 1 saturated heterocycles. The Bertz CT molecular complexity index is 1260. The molecule has 1 aliphatic heterocycles. The van der Waals surface area contributed by atoms with E-state index < -0.39 is 5.91 Å². The number of hydrogen-bond donors (Lipinski definition) is 1. The molecule has 0 saturated carbocycles. The van der Waals surface area contributed by atoms with E-state index in [9.17, 15) is 14.4 Å². The molecule has 0 spiro atoms. The molecule has 2 atom stereocenters. The zero-order valence-corrected chi connectivity index (χ0v) is 25.1. The Balaban J connectivity index is 1.61. The summed E-state index contributed by atoms with van der Waals surface area (Å²) in [5.41, 5.74) is 8.99. The molecule has 3 aromatic rings. The van der Waals surface area contributed by atoms with Crippen molar-refractivity contribution in [3.63, 3.8) is 0 Å². The van der Waals surface area contributed by atoms with Crippen molar-refractivity contribution < 1.29 is 14.4 Å². The first-order valence-electron chi connectivity index (χ1n) is 15.0. The minimum Gasteiger partial charge on any atom is -0.368 e. The standard InChI is InChI=1S/C35H44N4O3/c1-26(2)22-37(25-33(36)40)34(41)21-31-23-38(35(42)27(3)39(31)20-19-28-13-7-4-8-14-28)24-32(29-15-9-5-10-16-29)30-17-11-6-12-18-30/h4-18,26-27,31-32H,19-25H2,1-3H3,(H2,36,40). The molecule has 0 aliphatic carbocycles. The molecular weight excluding hydrogens is 524 g/mol. The van der Waals surface area contributed by atoms with Crippen LogP contribution in [0, 0.1) is 5.92 Å². The maximum atomic E-state index is 13.9. The van der Waals surface area contributed by atoms with Crippen molar-refractivity contribution in [1.29, 1.82) is 0 Å². The number of nitrogens with zero attached hydrogens (tertiary/aromatic N) is 3. The maximum absolute atomic E-state index is 13.9. The van der Waals surface area contributed by atoms with E-state index in [1.165, 1.54) is 5.56 Å². The lowest BCUT2D eigenvalue weighted by Gasteiger charge is -2.46. The molecule has 1 aliphatic rings. The van der Waals surface area contributed by atoms with Crippen LogP contribution in [0.4, 0.5) is 0 Å². The molecule has 0 radical (unpaired) electrons. The van der Waals surface area contributed by atoms with Crippen LogP contribution in [0.25, 0.3) is 0 Å². The summed E-state index contributed by atoms with van der Waals surface area (Å²) in [5, 5.41) is 0. The zero-order chi connectivity index (χ0) is 30.1. The van der Waals surface area contributed by atoms with Gasteiger partial charge in [-0.15, -0.1) is 0 Å². The van der Waals surface area contributed by atoms with E-state index in [0.717, 1.165) is 17.5 Å². The van der Waals surface area contributed by atoms with E-state index in [1.807, 2.05) is 80.3 Å². The lowest BCUT2D eigenvalue weighted by Crippen LogP contribution is -2.62. The SMILES string of the molecule is CC(C)CN(CC(N)=O)C(=O)CC1CN(CC(c2ccccc2)c2ccccc2)C(=O)C(C)N1CCc1ccccc1. The van der Waals surface area contributed by atoms with Gasteiger partial charge in [0.2, 0.25) is 17.7 Å². The van der Waals surface area contributed by atoms with Crippen molar-refractivity contribution in [2.24, 2.45) is 11.7 Å². The monoisotopic (exact) mass is 568 g/mol. The molecular formula is C35H44N4O3. The van der Waals surface area contributed by atoms with E-state index in [4.69, 9.17) is 5.73 Å². The highest BCUT2D eigenvalue weighted by atomic mass is 16.2. The first kappa shape index (κ1) is 31.0. The fourth-order valence-electron chi connectivity index (χ4n) is 6.01. The topological polar surface area (TPSA) is 87.0 Å². The average molecular weight is 569 g/mol. The summed E-state index contributed by atoms with van der Waals surface area (Å²) in [6.45, 7) is 7.96. The fourth-order valence-corrected chi connectivity index (χ4v) is 6.01. The third kappa shape index (κ3) is 8.29. The number of carbonyl (C=O) groups excluding carboxylic acids is 3. The number of carbonyl (C=O) groups is 3. The molecule has 0 bridgehead atoms. The second-order valence-electron chi connectivity index (χ2n) is 11.8. The van der Waals surface area contributed by atoms with Gasteiger partial charge in [0.1, 0.15) is 0 Å².